The van der Waals surface area contributed by atoms with Crippen LogP contribution in [-0.4, -0.2) is 28.3 Å². The van der Waals surface area contributed by atoms with Gasteiger partial charge in [-0.05, 0) is 74.1 Å². The van der Waals surface area contributed by atoms with Gasteiger partial charge in [0.1, 0.15) is 11.5 Å². The van der Waals surface area contributed by atoms with Crippen LogP contribution in [0.4, 0.5) is 5.69 Å². The number of carbonyl (C=O) groups is 1. The second kappa shape index (κ2) is 12.7. The SMILES string of the molecule is CCCN(C(=O)c1cccc(CCc2cc(Oc3ccccc3Cl)ccc2[N+](=O)[O-])c1)C1CCCCC1. The molecular weight excluding hydrogens is 488 g/mol. The fourth-order valence-electron chi connectivity index (χ4n) is 5.05. The van der Waals surface area contributed by atoms with Crippen molar-refractivity contribution in [2.45, 2.75) is 64.3 Å². The van der Waals surface area contributed by atoms with Crippen LogP contribution in [-0.2, 0) is 12.8 Å². The van der Waals surface area contributed by atoms with E-state index < -0.39 is 0 Å². The second-order valence-electron chi connectivity index (χ2n) is 9.57. The molecule has 0 bridgehead atoms. The average Bonchev–Trinajstić information content (AvgIpc) is 2.92. The molecule has 3 aromatic rings. The summed E-state index contributed by atoms with van der Waals surface area (Å²) in [5.74, 6) is 1.06. The maximum absolute atomic E-state index is 13.5. The van der Waals surface area contributed by atoms with Gasteiger partial charge in [-0.1, -0.05) is 62.1 Å². The normalized spacial score (nSPS) is 13.8. The highest BCUT2D eigenvalue weighted by Gasteiger charge is 2.25. The lowest BCUT2D eigenvalue weighted by atomic mass is 9.93. The Balaban J connectivity index is 1.50. The largest absolute Gasteiger partial charge is 0.456 e. The van der Waals surface area contributed by atoms with Crippen LogP contribution in [0.3, 0.4) is 0 Å². The lowest BCUT2D eigenvalue weighted by Crippen LogP contribution is -2.42. The molecule has 0 saturated heterocycles. The Morgan fingerprint density at radius 1 is 1.03 bits per heavy atom. The zero-order valence-corrected chi connectivity index (χ0v) is 22.0. The molecule has 1 amide bonds. The smallest absolute Gasteiger partial charge is 0.272 e. The Kier molecular flexibility index (Phi) is 9.18. The van der Waals surface area contributed by atoms with Crippen molar-refractivity contribution in [3.05, 3.63) is 98.6 Å². The van der Waals surface area contributed by atoms with E-state index in [1.807, 2.05) is 36.4 Å². The predicted octanol–water partition coefficient (Wildman–Crippen LogP) is 8.01. The summed E-state index contributed by atoms with van der Waals surface area (Å²) < 4.78 is 5.89. The Bertz CT molecular complexity index is 1240. The Morgan fingerprint density at radius 2 is 1.81 bits per heavy atom. The van der Waals surface area contributed by atoms with Crippen molar-refractivity contribution in [2.24, 2.45) is 0 Å². The van der Waals surface area contributed by atoms with Crippen molar-refractivity contribution in [2.75, 3.05) is 6.54 Å². The maximum atomic E-state index is 13.5. The number of rotatable bonds is 10. The highest BCUT2D eigenvalue weighted by atomic mass is 35.5. The summed E-state index contributed by atoms with van der Waals surface area (Å²) in [4.78, 5) is 26.8. The Morgan fingerprint density at radius 3 is 2.54 bits per heavy atom. The van der Waals surface area contributed by atoms with Crippen LogP contribution in [0.15, 0.2) is 66.7 Å². The van der Waals surface area contributed by atoms with E-state index in [1.165, 1.54) is 25.3 Å². The van der Waals surface area contributed by atoms with E-state index in [0.29, 0.717) is 46.5 Å². The topological polar surface area (TPSA) is 72.7 Å². The van der Waals surface area contributed by atoms with Crippen LogP contribution in [0.1, 0.15) is 66.9 Å². The molecule has 1 aliphatic carbocycles. The van der Waals surface area contributed by atoms with Crippen LogP contribution in [0.5, 0.6) is 11.5 Å². The third-order valence-electron chi connectivity index (χ3n) is 6.91. The quantitative estimate of drug-likeness (QED) is 0.200. The van der Waals surface area contributed by atoms with Gasteiger partial charge in [-0.3, -0.25) is 14.9 Å². The molecule has 0 aliphatic heterocycles. The number of nitrogens with zero attached hydrogens (tertiary/aromatic N) is 2. The zero-order valence-electron chi connectivity index (χ0n) is 21.2. The molecule has 37 heavy (non-hydrogen) atoms. The maximum Gasteiger partial charge on any atom is 0.272 e. The van der Waals surface area contributed by atoms with Crippen molar-refractivity contribution in [3.8, 4) is 11.5 Å². The number of nitro benzene ring substituents is 1. The summed E-state index contributed by atoms with van der Waals surface area (Å²) in [5, 5.41) is 12.1. The summed E-state index contributed by atoms with van der Waals surface area (Å²) >= 11 is 6.20. The molecule has 7 heteroatoms. The lowest BCUT2D eigenvalue weighted by Gasteiger charge is -2.34. The molecule has 194 valence electrons. The van der Waals surface area contributed by atoms with Crippen molar-refractivity contribution in [3.63, 3.8) is 0 Å². The van der Waals surface area contributed by atoms with Crippen molar-refractivity contribution >= 4 is 23.2 Å². The van der Waals surface area contributed by atoms with Gasteiger partial charge in [0.2, 0.25) is 0 Å². The Labute approximate surface area is 223 Å². The molecule has 0 radical (unpaired) electrons. The third-order valence-corrected chi connectivity index (χ3v) is 7.22. The van der Waals surface area contributed by atoms with Gasteiger partial charge >= 0.3 is 0 Å². The summed E-state index contributed by atoms with van der Waals surface area (Å²) in [5.41, 5.74) is 2.27. The zero-order chi connectivity index (χ0) is 26.2. The molecule has 1 fully saturated rings. The number of hydrogen-bond acceptors (Lipinski definition) is 4. The number of ether oxygens (including phenoxy) is 1. The van der Waals surface area contributed by atoms with Gasteiger partial charge in [0.05, 0.1) is 9.95 Å². The van der Waals surface area contributed by atoms with Crippen LogP contribution in [0.2, 0.25) is 5.02 Å². The van der Waals surface area contributed by atoms with Gasteiger partial charge in [0.25, 0.3) is 11.6 Å². The summed E-state index contributed by atoms with van der Waals surface area (Å²) in [7, 11) is 0. The number of carbonyl (C=O) groups excluding carboxylic acids is 1. The molecule has 0 atom stereocenters. The number of halogens is 1. The molecule has 0 aromatic heterocycles. The van der Waals surface area contributed by atoms with Crippen molar-refractivity contribution in [1.82, 2.24) is 4.90 Å². The molecule has 6 nitrogen and oxygen atoms in total. The lowest BCUT2D eigenvalue weighted by molar-refractivity contribution is -0.385. The summed E-state index contributed by atoms with van der Waals surface area (Å²) in [6, 6.07) is 19.8. The first kappa shape index (κ1) is 26.7. The summed E-state index contributed by atoms with van der Waals surface area (Å²) in [6.07, 6.45) is 7.68. The van der Waals surface area contributed by atoms with Crippen molar-refractivity contribution in [1.29, 1.82) is 0 Å². The molecular formula is C30H33ClN2O4. The molecule has 1 aliphatic rings. The standard InChI is InChI=1S/C30H33ClN2O4/c1-2-19-32(25-11-4-3-5-12-25)30(34)24-10-8-9-22(20-24)15-16-23-21-26(17-18-28(23)33(35)36)37-29-14-7-6-13-27(29)31/h6-10,13-14,17-18,20-21,25H,2-5,11-12,15-16,19H2,1H3. The number of para-hydroxylation sites is 1. The number of benzene rings is 3. The highest BCUT2D eigenvalue weighted by Crippen LogP contribution is 2.32. The average molecular weight is 521 g/mol. The van der Waals surface area contributed by atoms with Gasteiger partial charge in [0.15, 0.2) is 0 Å². The molecule has 4 rings (SSSR count). The predicted molar refractivity (Wildman–Crippen MR) is 147 cm³/mol. The van der Waals surface area contributed by atoms with Crippen LogP contribution < -0.4 is 4.74 Å². The molecule has 0 N–H and O–H groups in total. The molecule has 1 saturated carbocycles. The van der Waals surface area contributed by atoms with E-state index in [4.69, 9.17) is 16.3 Å². The van der Waals surface area contributed by atoms with Gasteiger partial charge in [-0.25, -0.2) is 0 Å². The first-order valence-corrected chi connectivity index (χ1v) is 13.4. The van der Waals surface area contributed by atoms with Gasteiger partial charge < -0.3 is 9.64 Å². The number of aryl methyl sites for hydroxylation is 2. The fraction of sp³-hybridized carbons (Fsp3) is 0.367. The molecule has 3 aromatic carbocycles. The van der Waals surface area contributed by atoms with E-state index in [1.54, 1.807) is 24.3 Å². The van der Waals surface area contributed by atoms with Gasteiger partial charge in [-0.15, -0.1) is 0 Å². The van der Waals surface area contributed by atoms with E-state index in [0.717, 1.165) is 31.4 Å². The van der Waals surface area contributed by atoms with E-state index >= 15 is 0 Å². The van der Waals surface area contributed by atoms with Crippen LogP contribution in [0, 0.1) is 10.1 Å². The van der Waals surface area contributed by atoms with Gasteiger partial charge in [0, 0.05) is 29.8 Å². The summed E-state index contributed by atoms with van der Waals surface area (Å²) in [6.45, 7) is 2.87. The van der Waals surface area contributed by atoms with Crippen LogP contribution in [0.25, 0.3) is 0 Å². The van der Waals surface area contributed by atoms with E-state index in [9.17, 15) is 14.9 Å². The molecule has 0 unspecified atom stereocenters. The Hall–Kier alpha value is -3.38. The highest BCUT2D eigenvalue weighted by molar-refractivity contribution is 6.32. The second-order valence-corrected chi connectivity index (χ2v) is 9.98. The van der Waals surface area contributed by atoms with Crippen molar-refractivity contribution < 1.29 is 14.5 Å². The first-order chi connectivity index (χ1) is 18.0. The molecule has 0 heterocycles. The van der Waals surface area contributed by atoms with E-state index in [2.05, 4.69) is 11.8 Å². The minimum absolute atomic E-state index is 0.0464. The molecule has 0 spiro atoms. The van der Waals surface area contributed by atoms with Gasteiger partial charge in [-0.2, -0.15) is 0 Å². The number of nitro groups is 1. The fourth-order valence-corrected chi connectivity index (χ4v) is 5.22. The third kappa shape index (κ3) is 6.89. The number of hydrogen-bond donors (Lipinski definition) is 0. The van der Waals surface area contributed by atoms with E-state index in [-0.39, 0.29) is 16.5 Å². The minimum atomic E-state index is -0.374. The minimum Gasteiger partial charge on any atom is -0.456 e. The number of amides is 1. The van der Waals surface area contributed by atoms with Crippen LogP contribution >= 0.6 is 11.6 Å². The monoisotopic (exact) mass is 520 g/mol. The first-order valence-electron chi connectivity index (χ1n) is 13.1.